The molecule has 0 spiro atoms. The Hall–Kier alpha value is -4.44. The number of non-ortho nitro benzene ring substituents is 1. The average Bonchev–Trinajstić information content (AvgIpc) is 2.82. The Labute approximate surface area is 191 Å². The van der Waals surface area contributed by atoms with Crippen LogP contribution in [0, 0.1) is 27.3 Å². The Morgan fingerprint density at radius 3 is 2.67 bits per heavy atom. The molecule has 0 saturated heterocycles. The van der Waals surface area contributed by atoms with Gasteiger partial charge in [0.15, 0.2) is 11.5 Å². The highest BCUT2D eigenvalue weighted by Gasteiger charge is 2.15. The van der Waals surface area contributed by atoms with Crippen LogP contribution >= 0.6 is 0 Å². The molecule has 0 heterocycles. The van der Waals surface area contributed by atoms with Crippen molar-refractivity contribution >= 4 is 17.3 Å². The zero-order valence-electron chi connectivity index (χ0n) is 18.0. The quantitative estimate of drug-likeness (QED) is 0.131. The number of benzene rings is 3. The van der Waals surface area contributed by atoms with Crippen molar-refractivity contribution in [3.63, 3.8) is 0 Å². The smallest absolute Gasteiger partial charge is 0.269 e. The Morgan fingerprint density at radius 2 is 2.00 bits per heavy atom. The molecule has 33 heavy (non-hydrogen) atoms. The second-order valence-electron chi connectivity index (χ2n) is 7.07. The first kappa shape index (κ1) is 23.2. The van der Waals surface area contributed by atoms with Gasteiger partial charge in [-0.15, -0.1) is 6.58 Å². The second-order valence-corrected chi connectivity index (χ2v) is 7.07. The molecule has 3 rings (SSSR count). The van der Waals surface area contributed by atoms with Crippen molar-refractivity contribution in [1.82, 2.24) is 0 Å². The first-order valence-electron chi connectivity index (χ1n) is 10.0. The number of rotatable bonds is 9. The standard InChI is InChI=1S/C26H21FN2O4/c1-3-7-20-12-19(13-21(16-28)23-10-4-5-11-24(23)27)15-25(32-2)26(20)33-17-18-8-6-9-22(14-18)29(30)31/h3-6,8-15H,1,7,17H2,2H3/b21-13-. The van der Waals surface area contributed by atoms with Gasteiger partial charge in [-0.2, -0.15) is 5.26 Å². The number of halogens is 1. The number of hydrogen-bond acceptors (Lipinski definition) is 5. The molecule has 3 aromatic carbocycles. The molecule has 0 amide bonds. The lowest BCUT2D eigenvalue weighted by Crippen LogP contribution is -2.02. The van der Waals surface area contributed by atoms with Crippen molar-refractivity contribution in [2.75, 3.05) is 7.11 Å². The van der Waals surface area contributed by atoms with E-state index in [1.165, 1.54) is 25.3 Å². The molecule has 0 radical (unpaired) electrons. The maximum atomic E-state index is 14.2. The third-order valence-corrected chi connectivity index (χ3v) is 4.84. The molecule has 0 N–H and O–H groups in total. The highest BCUT2D eigenvalue weighted by molar-refractivity contribution is 5.90. The summed E-state index contributed by atoms with van der Waals surface area (Å²) in [5, 5.41) is 20.6. The lowest BCUT2D eigenvalue weighted by Gasteiger charge is -2.16. The Bertz CT molecular complexity index is 1260. The fraction of sp³-hybridized carbons (Fsp3) is 0.115. The van der Waals surface area contributed by atoms with Gasteiger partial charge in [-0.05, 0) is 41.8 Å². The van der Waals surface area contributed by atoms with E-state index in [0.29, 0.717) is 29.0 Å². The van der Waals surface area contributed by atoms with Crippen LogP contribution < -0.4 is 9.47 Å². The van der Waals surface area contributed by atoms with Crippen LogP contribution in [0.1, 0.15) is 22.3 Å². The van der Waals surface area contributed by atoms with Gasteiger partial charge in [0.1, 0.15) is 12.4 Å². The summed E-state index contributed by atoms with van der Waals surface area (Å²) in [6.07, 6.45) is 3.73. The SMILES string of the molecule is C=CCc1cc(/C=C(/C#N)c2ccccc2F)cc(OC)c1OCc1cccc([N+](=O)[O-])c1. The molecule has 0 atom stereocenters. The maximum absolute atomic E-state index is 14.2. The zero-order valence-corrected chi connectivity index (χ0v) is 18.0. The number of allylic oxidation sites excluding steroid dienone is 2. The van der Waals surface area contributed by atoms with E-state index in [1.54, 1.807) is 48.6 Å². The van der Waals surface area contributed by atoms with Crippen molar-refractivity contribution < 1.29 is 18.8 Å². The summed E-state index contributed by atoms with van der Waals surface area (Å²) in [4.78, 5) is 10.6. The van der Waals surface area contributed by atoms with Crippen molar-refractivity contribution in [2.45, 2.75) is 13.0 Å². The lowest BCUT2D eigenvalue weighted by atomic mass is 10.0. The molecule has 0 saturated carbocycles. The largest absolute Gasteiger partial charge is 0.493 e. The molecule has 0 unspecified atom stereocenters. The fourth-order valence-electron chi connectivity index (χ4n) is 3.32. The Balaban J connectivity index is 1.98. The monoisotopic (exact) mass is 444 g/mol. The second kappa shape index (κ2) is 10.7. The summed E-state index contributed by atoms with van der Waals surface area (Å²) in [6.45, 7) is 3.87. The summed E-state index contributed by atoms with van der Waals surface area (Å²) < 4.78 is 25.7. The summed E-state index contributed by atoms with van der Waals surface area (Å²) in [6, 6.07) is 17.8. The van der Waals surface area contributed by atoms with Crippen LogP contribution in [0.3, 0.4) is 0 Å². The van der Waals surface area contributed by atoms with E-state index < -0.39 is 10.7 Å². The predicted octanol–water partition coefficient (Wildman–Crippen LogP) is 6.11. The van der Waals surface area contributed by atoms with E-state index in [4.69, 9.17) is 9.47 Å². The Kier molecular flexibility index (Phi) is 7.55. The highest BCUT2D eigenvalue weighted by Crippen LogP contribution is 2.35. The van der Waals surface area contributed by atoms with E-state index in [-0.39, 0.29) is 23.4 Å². The van der Waals surface area contributed by atoms with Gasteiger partial charge in [0, 0.05) is 23.3 Å². The van der Waals surface area contributed by atoms with E-state index in [2.05, 4.69) is 6.58 Å². The average molecular weight is 444 g/mol. The van der Waals surface area contributed by atoms with Gasteiger partial charge < -0.3 is 9.47 Å². The van der Waals surface area contributed by atoms with Crippen LogP contribution in [0.15, 0.2) is 73.3 Å². The minimum absolute atomic E-state index is 0.0213. The van der Waals surface area contributed by atoms with Gasteiger partial charge in [0.2, 0.25) is 0 Å². The number of nitriles is 1. The molecule has 0 aromatic heterocycles. The van der Waals surface area contributed by atoms with Crippen molar-refractivity contribution in [3.8, 4) is 17.6 Å². The lowest BCUT2D eigenvalue weighted by molar-refractivity contribution is -0.384. The molecule has 166 valence electrons. The van der Waals surface area contributed by atoms with E-state index in [9.17, 15) is 19.8 Å². The van der Waals surface area contributed by atoms with Gasteiger partial charge in [0.25, 0.3) is 5.69 Å². The van der Waals surface area contributed by atoms with Crippen molar-refractivity contribution in [1.29, 1.82) is 5.26 Å². The van der Waals surface area contributed by atoms with E-state index in [1.807, 2.05) is 12.1 Å². The van der Waals surface area contributed by atoms with Gasteiger partial charge >= 0.3 is 0 Å². The molecule has 0 aliphatic heterocycles. The number of hydrogen-bond donors (Lipinski definition) is 0. The molecule has 7 heteroatoms. The van der Waals surface area contributed by atoms with Crippen LogP contribution in [0.4, 0.5) is 10.1 Å². The molecule has 0 aliphatic rings. The van der Waals surface area contributed by atoms with Crippen LogP contribution in [0.5, 0.6) is 11.5 Å². The summed E-state index contributed by atoms with van der Waals surface area (Å²) in [7, 11) is 1.49. The maximum Gasteiger partial charge on any atom is 0.269 e. The van der Waals surface area contributed by atoms with Crippen LogP contribution in [-0.4, -0.2) is 12.0 Å². The molecular formula is C26H21FN2O4. The number of methoxy groups -OCH3 is 1. The summed E-state index contributed by atoms with van der Waals surface area (Å²) in [5.74, 6) is 0.391. The van der Waals surface area contributed by atoms with Crippen LogP contribution in [-0.2, 0) is 13.0 Å². The summed E-state index contributed by atoms with van der Waals surface area (Å²) in [5.41, 5.74) is 2.36. The van der Waals surface area contributed by atoms with Crippen LogP contribution in [0.25, 0.3) is 11.6 Å². The minimum Gasteiger partial charge on any atom is -0.493 e. The topological polar surface area (TPSA) is 85.4 Å². The number of ether oxygens (including phenoxy) is 2. The van der Waals surface area contributed by atoms with Gasteiger partial charge in [-0.1, -0.05) is 36.4 Å². The molecule has 3 aromatic rings. The Morgan fingerprint density at radius 1 is 1.21 bits per heavy atom. The molecule has 6 nitrogen and oxygen atoms in total. The fourth-order valence-corrected chi connectivity index (χ4v) is 3.32. The van der Waals surface area contributed by atoms with E-state index >= 15 is 0 Å². The third-order valence-electron chi connectivity index (χ3n) is 4.84. The summed E-state index contributed by atoms with van der Waals surface area (Å²) >= 11 is 0. The molecule has 0 bridgehead atoms. The minimum atomic E-state index is -0.486. The first-order valence-corrected chi connectivity index (χ1v) is 10.0. The number of nitrogens with zero attached hydrogens (tertiary/aromatic N) is 2. The molecular weight excluding hydrogens is 423 g/mol. The van der Waals surface area contributed by atoms with E-state index in [0.717, 1.165) is 5.56 Å². The highest BCUT2D eigenvalue weighted by atomic mass is 19.1. The van der Waals surface area contributed by atoms with Crippen molar-refractivity contribution in [2.24, 2.45) is 0 Å². The van der Waals surface area contributed by atoms with Crippen LogP contribution in [0.2, 0.25) is 0 Å². The zero-order chi connectivity index (χ0) is 23.8. The van der Waals surface area contributed by atoms with Gasteiger partial charge in [0.05, 0.1) is 23.7 Å². The van der Waals surface area contributed by atoms with Gasteiger partial charge in [-0.3, -0.25) is 10.1 Å². The number of nitro groups is 1. The third kappa shape index (κ3) is 5.63. The normalized spacial score (nSPS) is 10.9. The molecule has 0 aliphatic carbocycles. The van der Waals surface area contributed by atoms with Crippen molar-refractivity contribution in [3.05, 3.63) is 112 Å². The predicted molar refractivity (Wildman–Crippen MR) is 124 cm³/mol. The van der Waals surface area contributed by atoms with Gasteiger partial charge in [-0.25, -0.2) is 4.39 Å². The number of nitro benzene ring substituents is 1. The first-order chi connectivity index (χ1) is 16.0. The molecule has 0 fully saturated rings.